The maximum Gasteiger partial charge on any atom is 0.161 e. The molecule has 1 fully saturated rings. The lowest BCUT2D eigenvalue weighted by Crippen LogP contribution is -2.38. The Labute approximate surface area is 135 Å². The molecule has 0 saturated carbocycles. The first-order valence-corrected chi connectivity index (χ1v) is 8.02. The average Bonchev–Trinajstić information content (AvgIpc) is 3.02. The summed E-state index contributed by atoms with van der Waals surface area (Å²) in [4.78, 5) is 10.1. The Bertz CT molecular complexity index is 685. The van der Waals surface area contributed by atoms with Crippen LogP contribution in [0, 0.1) is 6.92 Å². The number of imidazole rings is 1. The molecule has 3 heterocycles. The lowest BCUT2D eigenvalue weighted by atomic mass is 10.1. The van der Waals surface area contributed by atoms with E-state index in [4.69, 9.17) is 14.2 Å². The lowest BCUT2D eigenvalue weighted by Gasteiger charge is -2.32. The smallest absolute Gasteiger partial charge is 0.161 e. The van der Waals surface area contributed by atoms with E-state index in [2.05, 4.69) is 27.0 Å². The van der Waals surface area contributed by atoms with Crippen molar-refractivity contribution in [2.75, 3.05) is 32.9 Å². The van der Waals surface area contributed by atoms with Crippen LogP contribution < -0.4 is 9.47 Å². The minimum absolute atomic E-state index is 0.00894. The highest BCUT2D eigenvalue weighted by Crippen LogP contribution is 2.31. The monoisotopic (exact) mass is 315 g/mol. The van der Waals surface area contributed by atoms with Crippen molar-refractivity contribution in [1.29, 1.82) is 0 Å². The number of H-pyrrole nitrogens is 1. The number of benzene rings is 1. The standard InChI is InChI=1S/C17H21N3O3/c1-12-9-18-17(19-12)16-11-20(4-5-21-16)10-13-2-3-14-15(8-13)23-7-6-22-14/h2-3,8-9,16H,4-7,10-11H2,1H3,(H,18,19). The number of morpholine rings is 1. The molecule has 1 atom stereocenters. The molecule has 1 aromatic heterocycles. The minimum Gasteiger partial charge on any atom is -0.486 e. The van der Waals surface area contributed by atoms with Crippen LogP contribution in [-0.4, -0.2) is 47.8 Å². The van der Waals surface area contributed by atoms with E-state index in [-0.39, 0.29) is 6.10 Å². The van der Waals surface area contributed by atoms with Gasteiger partial charge in [-0.05, 0) is 24.6 Å². The SMILES string of the molecule is Cc1cnc(C2CN(Cc3ccc4c(c3)OCCO4)CCO2)[nH]1. The minimum atomic E-state index is 0.00894. The van der Waals surface area contributed by atoms with Gasteiger partial charge in [0, 0.05) is 31.5 Å². The maximum absolute atomic E-state index is 5.86. The van der Waals surface area contributed by atoms with Crippen molar-refractivity contribution in [3.8, 4) is 11.5 Å². The van der Waals surface area contributed by atoms with Gasteiger partial charge in [-0.2, -0.15) is 0 Å². The predicted octanol–water partition coefficient (Wildman–Crippen LogP) is 2.06. The molecule has 0 spiro atoms. The number of ether oxygens (including phenoxy) is 3. The molecule has 122 valence electrons. The number of fused-ring (bicyclic) bond motifs is 1. The van der Waals surface area contributed by atoms with Crippen LogP contribution in [0.2, 0.25) is 0 Å². The zero-order valence-corrected chi connectivity index (χ0v) is 13.2. The predicted molar refractivity (Wildman–Crippen MR) is 84.7 cm³/mol. The van der Waals surface area contributed by atoms with Crippen molar-refractivity contribution in [3.05, 3.63) is 41.5 Å². The molecule has 1 saturated heterocycles. The van der Waals surface area contributed by atoms with Crippen molar-refractivity contribution in [2.45, 2.75) is 19.6 Å². The summed E-state index contributed by atoms with van der Waals surface area (Å²) in [6.07, 6.45) is 1.85. The number of hydrogen-bond donors (Lipinski definition) is 1. The second kappa shape index (κ2) is 6.22. The topological polar surface area (TPSA) is 59.6 Å². The van der Waals surface area contributed by atoms with Gasteiger partial charge in [-0.1, -0.05) is 6.07 Å². The van der Waals surface area contributed by atoms with Crippen LogP contribution in [0.5, 0.6) is 11.5 Å². The van der Waals surface area contributed by atoms with Crippen LogP contribution in [0.4, 0.5) is 0 Å². The molecule has 0 amide bonds. The summed E-state index contributed by atoms with van der Waals surface area (Å²) in [7, 11) is 0. The summed E-state index contributed by atoms with van der Waals surface area (Å²) in [6.45, 7) is 6.59. The molecule has 1 unspecified atom stereocenters. The molecule has 0 bridgehead atoms. The molecule has 2 aliphatic rings. The highest BCUT2D eigenvalue weighted by molar-refractivity contribution is 5.43. The van der Waals surface area contributed by atoms with Gasteiger partial charge in [0.2, 0.25) is 0 Å². The van der Waals surface area contributed by atoms with E-state index in [9.17, 15) is 0 Å². The molecule has 6 nitrogen and oxygen atoms in total. The number of aromatic nitrogens is 2. The second-order valence-electron chi connectivity index (χ2n) is 6.02. The average molecular weight is 315 g/mol. The number of aryl methyl sites for hydroxylation is 1. The third-order valence-corrected chi connectivity index (χ3v) is 4.19. The molecule has 1 aromatic carbocycles. The summed E-state index contributed by atoms with van der Waals surface area (Å²) in [5.74, 6) is 2.60. The Morgan fingerprint density at radius 3 is 2.91 bits per heavy atom. The second-order valence-corrected chi connectivity index (χ2v) is 6.02. The fourth-order valence-corrected chi connectivity index (χ4v) is 3.05. The molecule has 2 aromatic rings. The molecule has 0 aliphatic carbocycles. The van der Waals surface area contributed by atoms with Crippen LogP contribution in [-0.2, 0) is 11.3 Å². The summed E-state index contributed by atoms with van der Waals surface area (Å²) >= 11 is 0. The van der Waals surface area contributed by atoms with Gasteiger partial charge in [-0.25, -0.2) is 4.98 Å². The normalized spacial score (nSPS) is 21.3. The van der Waals surface area contributed by atoms with E-state index in [1.165, 1.54) is 5.56 Å². The first-order valence-electron chi connectivity index (χ1n) is 8.02. The van der Waals surface area contributed by atoms with E-state index >= 15 is 0 Å². The first kappa shape index (κ1) is 14.5. The summed E-state index contributed by atoms with van der Waals surface area (Å²) in [5, 5.41) is 0. The summed E-state index contributed by atoms with van der Waals surface area (Å²) in [6, 6.07) is 6.18. The maximum atomic E-state index is 5.86. The molecule has 1 N–H and O–H groups in total. The summed E-state index contributed by atoms with van der Waals surface area (Å²) in [5.41, 5.74) is 2.29. The third kappa shape index (κ3) is 3.18. The number of aromatic amines is 1. The Balaban J connectivity index is 1.44. The highest BCUT2D eigenvalue weighted by Gasteiger charge is 2.24. The van der Waals surface area contributed by atoms with Gasteiger partial charge in [0.05, 0.1) is 6.61 Å². The van der Waals surface area contributed by atoms with E-state index in [1.807, 2.05) is 19.2 Å². The molecule has 6 heteroatoms. The van der Waals surface area contributed by atoms with Crippen LogP contribution in [0.3, 0.4) is 0 Å². The Hall–Kier alpha value is -2.05. The number of rotatable bonds is 3. The van der Waals surface area contributed by atoms with Gasteiger partial charge < -0.3 is 19.2 Å². The molecule has 2 aliphatic heterocycles. The lowest BCUT2D eigenvalue weighted by molar-refractivity contribution is -0.0369. The number of hydrogen-bond acceptors (Lipinski definition) is 5. The fourth-order valence-electron chi connectivity index (χ4n) is 3.05. The van der Waals surface area contributed by atoms with Crippen molar-refractivity contribution in [3.63, 3.8) is 0 Å². The molecule has 4 rings (SSSR count). The van der Waals surface area contributed by atoms with Crippen LogP contribution in [0.15, 0.2) is 24.4 Å². The Morgan fingerprint density at radius 2 is 2.09 bits per heavy atom. The van der Waals surface area contributed by atoms with Crippen molar-refractivity contribution in [2.24, 2.45) is 0 Å². The number of nitrogens with zero attached hydrogens (tertiary/aromatic N) is 2. The third-order valence-electron chi connectivity index (χ3n) is 4.19. The van der Waals surface area contributed by atoms with Gasteiger partial charge in [0.1, 0.15) is 25.1 Å². The summed E-state index contributed by atoms with van der Waals surface area (Å²) < 4.78 is 17.1. The first-order chi connectivity index (χ1) is 11.3. The van der Waals surface area contributed by atoms with Crippen LogP contribution in [0.1, 0.15) is 23.2 Å². The molecular formula is C17H21N3O3. The number of nitrogens with one attached hydrogen (secondary N) is 1. The van der Waals surface area contributed by atoms with Crippen molar-refractivity contribution >= 4 is 0 Å². The highest BCUT2D eigenvalue weighted by atomic mass is 16.6. The quantitative estimate of drug-likeness (QED) is 0.939. The van der Waals surface area contributed by atoms with Gasteiger partial charge in [-0.3, -0.25) is 4.90 Å². The van der Waals surface area contributed by atoms with Gasteiger partial charge in [0.25, 0.3) is 0 Å². The van der Waals surface area contributed by atoms with Gasteiger partial charge in [0.15, 0.2) is 11.5 Å². The van der Waals surface area contributed by atoms with Gasteiger partial charge in [-0.15, -0.1) is 0 Å². The van der Waals surface area contributed by atoms with Crippen molar-refractivity contribution in [1.82, 2.24) is 14.9 Å². The zero-order chi connectivity index (χ0) is 15.6. The Kier molecular flexibility index (Phi) is 3.93. The van der Waals surface area contributed by atoms with Gasteiger partial charge >= 0.3 is 0 Å². The van der Waals surface area contributed by atoms with E-state index in [0.717, 1.165) is 49.3 Å². The van der Waals surface area contributed by atoms with E-state index < -0.39 is 0 Å². The fraction of sp³-hybridized carbons (Fsp3) is 0.471. The zero-order valence-electron chi connectivity index (χ0n) is 13.2. The molecule has 23 heavy (non-hydrogen) atoms. The van der Waals surface area contributed by atoms with Crippen molar-refractivity contribution < 1.29 is 14.2 Å². The van der Waals surface area contributed by atoms with Crippen LogP contribution >= 0.6 is 0 Å². The van der Waals surface area contributed by atoms with E-state index in [0.29, 0.717) is 13.2 Å². The largest absolute Gasteiger partial charge is 0.486 e. The van der Waals surface area contributed by atoms with Crippen LogP contribution in [0.25, 0.3) is 0 Å². The molecular weight excluding hydrogens is 294 g/mol. The molecule has 0 radical (unpaired) electrons. The Morgan fingerprint density at radius 1 is 1.22 bits per heavy atom. The van der Waals surface area contributed by atoms with E-state index in [1.54, 1.807) is 0 Å².